The maximum atomic E-state index is 12.5. The van der Waals surface area contributed by atoms with E-state index in [0.717, 1.165) is 18.2 Å². The smallest absolute Gasteiger partial charge is 0.422 e. The predicted octanol–water partition coefficient (Wildman–Crippen LogP) is 2.74. The molecule has 0 aromatic heterocycles. The van der Waals surface area contributed by atoms with Crippen LogP contribution in [0.15, 0.2) is 18.2 Å². The fraction of sp³-hybridized carbons (Fsp3) is 0.533. The number of nitrogens with zero attached hydrogens (tertiary/aromatic N) is 1. The zero-order valence-corrected chi connectivity index (χ0v) is 13.4. The quantitative estimate of drug-likeness (QED) is 0.791. The monoisotopic (exact) mass is 386 g/mol. The van der Waals surface area contributed by atoms with Crippen LogP contribution in [0.1, 0.15) is 16.8 Å². The van der Waals surface area contributed by atoms with Gasteiger partial charge in [-0.05, 0) is 24.6 Å². The number of carbonyl (C=O) groups excluding carboxylic acids is 1. The molecule has 1 aromatic carbocycles. The van der Waals surface area contributed by atoms with Gasteiger partial charge in [-0.3, -0.25) is 4.79 Å². The Morgan fingerprint density at radius 3 is 2.27 bits per heavy atom. The van der Waals surface area contributed by atoms with Crippen molar-refractivity contribution in [1.82, 2.24) is 4.90 Å². The van der Waals surface area contributed by atoms with Gasteiger partial charge in [0.2, 0.25) is 0 Å². The third kappa shape index (κ3) is 5.97. The maximum absolute atomic E-state index is 12.5. The summed E-state index contributed by atoms with van der Waals surface area (Å²) in [5, 5.41) is 0. The molecule has 0 spiro atoms. The second-order valence-corrected chi connectivity index (χ2v) is 5.77. The molecule has 5 nitrogen and oxygen atoms in total. The highest BCUT2D eigenvalue weighted by Crippen LogP contribution is 2.29. The van der Waals surface area contributed by atoms with Crippen molar-refractivity contribution in [3.63, 3.8) is 0 Å². The number of rotatable bonds is 5. The molecule has 2 N–H and O–H groups in total. The molecule has 1 saturated heterocycles. The minimum atomic E-state index is -4.64. The molecule has 0 unspecified atom stereocenters. The van der Waals surface area contributed by atoms with E-state index >= 15 is 0 Å². The average molecular weight is 386 g/mol. The molecule has 0 aliphatic carbocycles. The van der Waals surface area contributed by atoms with Crippen LogP contribution in [-0.4, -0.2) is 55.5 Å². The van der Waals surface area contributed by atoms with Crippen LogP contribution in [0.25, 0.3) is 0 Å². The van der Waals surface area contributed by atoms with Crippen LogP contribution in [-0.2, 0) is 0 Å². The number of alkyl halides is 6. The molecule has 0 radical (unpaired) electrons. The highest BCUT2D eigenvalue weighted by Gasteiger charge is 2.32. The van der Waals surface area contributed by atoms with Gasteiger partial charge in [0.15, 0.2) is 13.2 Å². The Hall–Kier alpha value is -2.17. The summed E-state index contributed by atoms with van der Waals surface area (Å²) in [4.78, 5) is 13.8. The molecular weight excluding hydrogens is 370 g/mol. The van der Waals surface area contributed by atoms with Crippen LogP contribution in [0.3, 0.4) is 0 Å². The third-order valence-corrected chi connectivity index (χ3v) is 3.49. The number of benzene rings is 1. The first-order valence-electron chi connectivity index (χ1n) is 7.52. The summed E-state index contributed by atoms with van der Waals surface area (Å²) >= 11 is 0. The van der Waals surface area contributed by atoms with Gasteiger partial charge in [0.05, 0.1) is 5.56 Å². The van der Waals surface area contributed by atoms with Gasteiger partial charge in [0, 0.05) is 19.1 Å². The third-order valence-electron chi connectivity index (χ3n) is 3.49. The normalized spacial score (nSPS) is 18.1. The number of amides is 1. The maximum Gasteiger partial charge on any atom is 0.422 e. The number of nitrogens with two attached hydrogens (primary N) is 1. The van der Waals surface area contributed by atoms with Crippen molar-refractivity contribution in [3.05, 3.63) is 23.8 Å². The summed E-state index contributed by atoms with van der Waals surface area (Å²) in [5.41, 5.74) is 5.38. The Labute approximate surface area is 144 Å². The molecule has 1 atom stereocenters. The standard InChI is InChI=1S/C15H16F6N2O3/c16-14(17,18)7-25-10-1-2-12(26-8-15(19,20)21)11(5-10)13(24)23-4-3-9(22)6-23/h1-2,5,9H,3-4,6-8,22H2/t9-/m1/s1. The van der Waals surface area contributed by atoms with Crippen molar-refractivity contribution in [2.45, 2.75) is 24.8 Å². The number of hydrogen-bond acceptors (Lipinski definition) is 4. The number of hydrogen-bond donors (Lipinski definition) is 1. The second kappa shape index (κ2) is 7.60. The van der Waals surface area contributed by atoms with E-state index in [1.165, 1.54) is 4.90 Å². The van der Waals surface area contributed by atoms with Gasteiger partial charge < -0.3 is 20.1 Å². The average Bonchev–Trinajstić information content (AvgIpc) is 2.95. The molecular formula is C15H16F6N2O3. The highest BCUT2D eigenvalue weighted by molar-refractivity contribution is 5.97. The fourth-order valence-electron chi connectivity index (χ4n) is 2.36. The molecule has 2 rings (SSSR count). The predicted molar refractivity (Wildman–Crippen MR) is 78.0 cm³/mol. The van der Waals surface area contributed by atoms with Gasteiger partial charge in [-0.25, -0.2) is 0 Å². The number of likely N-dealkylation sites (tertiary alicyclic amines) is 1. The molecule has 26 heavy (non-hydrogen) atoms. The summed E-state index contributed by atoms with van der Waals surface area (Å²) < 4.78 is 83.1. The van der Waals surface area contributed by atoms with Crippen molar-refractivity contribution >= 4 is 5.91 Å². The van der Waals surface area contributed by atoms with E-state index in [-0.39, 0.29) is 30.4 Å². The molecule has 1 aliphatic heterocycles. The van der Waals surface area contributed by atoms with Crippen LogP contribution in [0.2, 0.25) is 0 Å². The van der Waals surface area contributed by atoms with Crippen LogP contribution in [0.4, 0.5) is 26.3 Å². The fourth-order valence-corrected chi connectivity index (χ4v) is 2.36. The van der Waals surface area contributed by atoms with E-state index in [1.807, 2.05) is 0 Å². The summed E-state index contributed by atoms with van der Waals surface area (Å²) in [5.74, 6) is -1.40. The Morgan fingerprint density at radius 1 is 1.12 bits per heavy atom. The van der Waals surface area contributed by atoms with Crippen molar-refractivity contribution in [2.24, 2.45) is 5.73 Å². The van der Waals surface area contributed by atoms with Gasteiger partial charge in [0.25, 0.3) is 5.91 Å². The number of carbonyl (C=O) groups is 1. The van der Waals surface area contributed by atoms with Crippen molar-refractivity contribution in [3.8, 4) is 11.5 Å². The summed E-state index contributed by atoms with van der Waals surface area (Å²) in [7, 11) is 0. The lowest BCUT2D eigenvalue weighted by atomic mass is 10.1. The van der Waals surface area contributed by atoms with Gasteiger partial charge in [0.1, 0.15) is 11.5 Å². The van der Waals surface area contributed by atoms with Crippen LogP contribution < -0.4 is 15.2 Å². The van der Waals surface area contributed by atoms with E-state index in [1.54, 1.807) is 0 Å². The topological polar surface area (TPSA) is 64.8 Å². The molecule has 1 aliphatic rings. The van der Waals surface area contributed by atoms with Gasteiger partial charge in [-0.15, -0.1) is 0 Å². The number of halogens is 6. The molecule has 11 heteroatoms. The van der Waals surface area contributed by atoms with E-state index in [0.29, 0.717) is 6.42 Å². The Balaban J connectivity index is 2.24. The lowest BCUT2D eigenvalue weighted by molar-refractivity contribution is -0.154. The summed E-state index contributed by atoms with van der Waals surface area (Å²) in [6.45, 7) is -2.77. The zero-order chi connectivity index (χ0) is 19.5. The van der Waals surface area contributed by atoms with Gasteiger partial charge >= 0.3 is 12.4 Å². The summed E-state index contributed by atoms with van der Waals surface area (Å²) in [6.07, 6.45) is -8.73. The molecule has 146 valence electrons. The SMILES string of the molecule is N[C@@H]1CCN(C(=O)c2cc(OCC(F)(F)F)ccc2OCC(F)(F)F)C1. The van der Waals surface area contributed by atoms with E-state index in [2.05, 4.69) is 9.47 Å². The number of ether oxygens (including phenoxy) is 2. The molecule has 0 bridgehead atoms. The van der Waals surface area contributed by atoms with Crippen molar-refractivity contribution in [2.75, 3.05) is 26.3 Å². The van der Waals surface area contributed by atoms with Crippen LogP contribution in [0, 0.1) is 0 Å². The molecule has 1 fully saturated rings. The van der Waals surface area contributed by atoms with Crippen molar-refractivity contribution in [1.29, 1.82) is 0 Å². The van der Waals surface area contributed by atoms with Crippen LogP contribution >= 0.6 is 0 Å². The molecule has 0 saturated carbocycles. The Morgan fingerprint density at radius 2 is 1.73 bits per heavy atom. The first-order chi connectivity index (χ1) is 11.9. The Kier molecular flexibility index (Phi) is 5.89. The van der Waals surface area contributed by atoms with E-state index in [4.69, 9.17) is 5.73 Å². The first-order valence-corrected chi connectivity index (χ1v) is 7.52. The highest BCUT2D eigenvalue weighted by atomic mass is 19.4. The summed E-state index contributed by atoms with van der Waals surface area (Å²) in [6, 6.07) is 2.64. The van der Waals surface area contributed by atoms with E-state index in [9.17, 15) is 31.1 Å². The first kappa shape index (κ1) is 20.1. The lowest BCUT2D eigenvalue weighted by Gasteiger charge is -2.20. The molecule has 1 amide bonds. The van der Waals surface area contributed by atoms with Crippen LogP contribution in [0.5, 0.6) is 11.5 Å². The Bertz CT molecular complexity index is 647. The lowest BCUT2D eigenvalue weighted by Crippen LogP contribution is -2.32. The van der Waals surface area contributed by atoms with Gasteiger partial charge in [-0.2, -0.15) is 26.3 Å². The largest absolute Gasteiger partial charge is 0.484 e. The second-order valence-electron chi connectivity index (χ2n) is 5.77. The minimum Gasteiger partial charge on any atom is -0.484 e. The molecule has 1 aromatic rings. The molecule has 1 heterocycles. The zero-order valence-electron chi connectivity index (χ0n) is 13.4. The van der Waals surface area contributed by atoms with E-state index < -0.39 is 37.2 Å². The van der Waals surface area contributed by atoms with Crippen molar-refractivity contribution < 1.29 is 40.6 Å². The van der Waals surface area contributed by atoms with Gasteiger partial charge in [-0.1, -0.05) is 0 Å². The minimum absolute atomic E-state index is 0.186.